The first kappa shape index (κ1) is 11.9. The van der Waals surface area contributed by atoms with Crippen LogP contribution in [0.5, 0.6) is 0 Å². The van der Waals surface area contributed by atoms with E-state index in [0.29, 0.717) is 9.53 Å². The van der Waals surface area contributed by atoms with Crippen LogP contribution in [0.2, 0.25) is 0 Å². The molecule has 1 fully saturated rings. The van der Waals surface area contributed by atoms with Gasteiger partial charge in [0, 0.05) is 40.2 Å². The smallest absolute Gasteiger partial charge is 0.352 e. The quantitative estimate of drug-likeness (QED) is 0.663. The minimum Gasteiger partial charge on any atom is -0.477 e. The van der Waals surface area contributed by atoms with Gasteiger partial charge in [0.2, 0.25) is 0 Å². The molecule has 0 spiro atoms. The van der Waals surface area contributed by atoms with Crippen molar-refractivity contribution < 1.29 is 9.90 Å². The Morgan fingerprint density at radius 1 is 1.44 bits per heavy atom. The van der Waals surface area contributed by atoms with Crippen LogP contribution in [0.1, 0.15) is 42.2 Å². The first-order valence-electron chi connectivity index (χ1n) is 5.93. The average molecular weight is 357 g/mol. The maximum absolute atomic E-state index is 11.4. The molecule has 0 atom stereocenters. The molecule has 0 saturated heterocycles. The second-order valence-electron chi connectivity index (χ2n) is 4.56. The summed E-state index contributed by atoms with van der Waals surface area (Å²) in [6.07, 6.45) is 6.08. The van der Waals surface area contributed by atoms with Crippen LogP contribution in [0.15, 0.2) is 12.3 Å². The van der Waals surface area contributed by atoms with Crippen molar-refractivity contribution in [2.75, 3.05) is 0 Å². The zero-order valence-corrected chi connectivity index (χ0v) is 11.8. The number of carboxylic acid groups (broad SMARTS) is 1. The summed E-state index contributed by atoms with van der Waals surface area (Å²) in [5, 5.41) is 10.1. The molecular weight excluding hydrogens is 345 g/mol. The molecule has 0 amide bonds. The van der Waals surface area contributed by atoms with Crippen LogP contribution in [0, 0.1) is 3.83 Å². The Labute approximate surface area is 117 Å². The van der Waals surface area contributed by atoms with Gasteiger partial charge in [0.15, 0.2) is 3.83 Å². The number of rotatable bonds is 2. The number of halogens is 1. The first-order valence-corrected chi connectivity index (χ1v) is 7.01. The molecule has 0 aliphatic heterocycles. The molecule has 5 nitrogen and oxygen atoms in total. The number of hydrogen-bond acceptors (Lipinski definition) is 3. The minimum atomic E-state index is -0.894. The lowest BCUT2D eigenvalue weighted by Gasteiger charge is -2.15. The maximum Gasteiger partial charge on any atom is 0.352 e. The zero-order chi connectivity index (χ0) is 12.7. The van der Waals surface area contributed by atoms with Gasteiger partial charge in [0.1, 0.15) is 11.3 Å². The summed E-state index contributed by atoms with van der Waals surface area (Å²) in [4.78, 5) is 19.9. The highest BCUT2D eigenvalue weighted by molar-refractivity contribution is 14.1. The molecule has 2 heterocycles. The zero-order valence-electron chi connectivity index (χ0n) is 9.64. The van der Waals surface area contributed by atoms with Gasteiger partial charge >= 0.3 is 5.97 Å². The van der Waals surface area contributed by atoms with Crippen molar-refractivity contribution in [3.8, 4) is 0 Å². The highest BCUT2D eigenvalue weighted by Crippen LogP contribution is 2.34. The van der Waals surface area contributed by atoms with E-state index in [1.54, 1.807) is 12.3 Å². The fraction of sp³-hybridized carbons (Fsp3) is 0.417. The van der Waals surface area contributed by atoms with E-state index in [2.05, 4.69) is 32.6 Å². The van der Waals surface area contributed by atoms with E-state index in [9.17, 15) is 9.90 Å². The molecule has 2 aromatic rings. The van der Waals surface area contributed by atoms with Gasteiger partial charge in [-0.2, -0.15) is 0 Å². The molecule has 0 bridgehead atoms. The van der Waals surface area contributed by atoms with Gasteiger partial charge in [-0.15, -0.1) is 0 Å². The Balaban J connectivity index is 2.26. The van der Waals surface area contributed by atoms with Gasteiger partial charge in [0.25, 0.3) is 0 Å². The standard InChI is InChI=1S/C12H12IN3O2/c13-12-14-6-7-5-9(11(17)18)16(10(7)15-12)8-3-1-2-4-8/h5-6,8H,1-4H2,(H,17,18). The average Bonchev–Trinajstić information content (AvgIpc) is 2.93. The second-order valence-corrected chi connectivity index (χ2v) is 5.53. The number of aromatic nitrogens is 3. The monoisotopic (exact) mass is 357 g/mol. The van der Waals surface area contributed by atoms with E-state index < -0.39 is 5.97 Å². The summed E-state index contributed by atoms with van der Waals surface area (Å²) in [7, 11) is 0. The van der Waals surface area contributed by atoms with E-state index in [1.807, 2.05) is 4.57 Å². The summed E-state index contributed by atoms with van der Waals surface area (Å²) < 4.78 is 2.53. The molecule has 0 unspecified atom stereocenters. The van der Waals surface area contributed by atoms with Crippen molar-refractivity contribution >= 4 is 39.6 Å². The van der Waals surface area contributed by atoms with Crippen molar-refractivity contribution in [1.29, 1.82) is 0 Å². The lowest BCUT2D eigenvalue weighted by molar-refractivity contribution is 0.0683. The molecule has 6 heteroatoms. The molecule has 0 aromatic carbocycles. The van der Waals surface area contributed by atoms with E-state index in [-0.39, 0.29) is 6.04 Å². The van der Waals surface area contributed by atoms with Gasteiger partial charge in [0.05, 0.1) is 0 Å². The van der Waals surface area contributed by atoms with Crippen molar-refractivity contribution in [2.45, 2.75) is 31.7 Å². The predicted molar refractivity (Wildman–Crippen MR) is 74.7 cm³/mol. The van der Waals surface area contributed by atoms with Crippen LogP contribution in [-0.4, -0.2) is 25.6 Å². The van der Waals surface area contributed by atoms with Crippen LogP contribution in [0.25, 0.3) is 11.0 Å². The van der Waals surface area contributed by atoms with Crippen LogP contribution in [0.3, 0.4) is 0 Å². The molecular formula is C12H12IN3O2. The molecule has 18 heavy (non-hydrogen) atoms. The lowest BCUT2D eigenvalue weighted by Crippen LogP contribution is -2.13. The van der Waals surface area contributed by atoms with E-state index in [0.717, 1.165) is 36.7 Å². The summed E-state index contributed by atoms with van der Waals surface area (Å²) in [6, 6.07) is 1.94. The molecule has 0 radical (unpaired) electrons. The second kappa shape index (κ2) is 4.49. The van der Waals surface area contributed by atoms with Crippen molar-refractivity contribution in [3.63, 3.8) is 0 Å². The Morgan fingerprint density at radius 3 is 2.83 bits per heavy atom. The molecule has 2 aromatic heterocycles. The Hall–Kier alpha value is -1.18. The molecule has 94 valence electrons. The number of hydrogen-bond donors (Lipinski definition) is 1. The highest BCUT2D eigenvalue weighted by atomic mass is 127. The fourth-order valence-electron chi connectivity index (χ4n) is 2.68. The summed E-state index contributed by atoms with van der Waals surface area (Å²) >= 11 is 2.05. The van der Waals surface area contributed by atoms with Gasteiger partial charge < -0.3 is 9.67 Å². The number of carbonyl (C=O) groups is 1. The maximum atomic E-state index is 11.4. The van der Waals surface area contributed by atoms with Crippen LogP contribution in [-0.2, 0) is 0 Å². The predicted octanol–water partition coefficient (Wildman–Crippen LogP) is 2.85. The van der Waals surface area contributed by atoms with Crippen molar-refractivity contribution in [1.82, 2.24) is 14.5 Å². The van der Waals surface area contributed by atoms with E-state index >= 15 is 0 Å². The Bertz CT molecular complexity index is 617. The minimum absolute atomic E-state index is 0.263. The third-order valence-corrected chi connectivity index (χ3v) is 3.98. The van der Waals surface area contributed by atoms with Gasteiger partial charge in [-0.1, -0.05) is 12.8 Å². The van der Waals surface area contributed by atoms with E-state index in [1.165, 1.54) is 0 Å². The normalized spacial score (nSPS) is 16.5. The summed E-state index contributed by atoms with van der Waals surface area (Å²) in [5.74, 6) is -0.894. The fourth-order valence-corrected chi connectivity index (χ4v) is 3.05. The van der Waals surface area contributed by atoms with Crippen LogP contribution >= 0.6 is 22.6 Å². The third-order valence-electron chi connectivity index (χ3n) is 3.46. The summed E-state index contributed by atoms with van der Waals surface area (Å²) in [6.45, 7) is 0. The third kappa shape index (κ3) is 1.88. The number of fused-ring (bicyclic) bond motifs is 1. The molecule has 1 saturated carbocycles. The first-order chi connectivity index (χ1) is 8.66. The van der Waals surface area contributed by atoms with E-state index in [4.69, 9.17) is 0 Å². The van der Waals surface area contributed by atoms with Crippen LogP contribution < -0.4 is 0 Å². The van der Waals surface area contributed by atoms with Crippen LogP contribution in [0.4, 0.5) is 0 Å². The molecule has 1 aliphatic carbocycles. The van der Waals surface area contributed by atoms with Gasteiger partial charge in [-0.05, 0) is 18.9 Å². The Morgan fingerprint density at radius 2 is 2.17 bits per heavy atom. The summed E-state index contributed by atoms with van der Waals surface area (Å²) in [5.41, 5.74) is 1.08. The van der Waals surface area contributed by atoms with Crippen molar-refractivity contribution in [3.05, 3.63) is 21.8 Å². The molecule has 1 N–H and O–H groups in total. The molecule has 3 rings (SSSR count). The SMILES string of the molecule is O=C(O)c1cc2cnc(I)nc2n1C1CCCC1. The molecule has 1 aliphatic rings. The largest absolute Gasteiger partial charge is 0.477 e. The number of aromatic carboxylic acids is 1. The Kier molecular flexibility index (Phi) is 2.96. The van der Waals surface area contributed by atoms with Gasteiger partial charge in [-0.25, -0.2) is 14.8 Å². The highest BCUT2D eigenvalue weighted by Gasteiger charge is 2.25. The topological polar surface area (TPSA) is 68.0 Å². The van der Waals surface area contributed by atoms with Gasteiger partial charge in [-0.3, -0.25) is 0 Å². The number of nitrogens with zero attached hydrogens (tertiary/aromatic N) is 3. The number of carboxylic acids is 1. The van der Waals surface area contributed by atoms with Crippen molar-refractivity contribution in [2.24, 2.45) is 0 Å². The lowest BCUT2D eigenvalue weighted by atomic mass is 10.2.